The molecule has 40 heavy (non-hydrogen) atoms. The second-order valence-corrected chi connectivity index (χ2v) is 11.8. The van der Waals surface area contributed by atoms with Gasteiger partial charge in [-0.3, -0.25) is 0 Å². The number of hydrogen-bond acceptors (Lipinski definition) is 3. The second kappa shape index (κ2) is 10.1. The molecule has 2 unspecified atom stereocenters. The van der Waals surface area contributed by atoms with Crippen LogP contribution in [-0.2, 0) is 21.8 Å². The summed E-state index contributed by atoms with van der Waals surface area (Å²) < 4.78 is 93.3. The summed E-state index contributed by atoms with van der Waals surface area (Å²) in [5.74, 6) is 0.677. The van der Waals surface area contributed by atoms with Gasteiger partial charge >= 0.3 is 12.4 Å². The maximum Gasteiger partial charge on any atom is 0.416 e. The highest BCUT2D eigenvalue weighted by molar-refractivity contribution is 5.36. The SMILES string of the molecule is Cc1ccccc1[C@H]1[C@@H]2CN(C3=CC4OC4CC3)C[C@H]2CC[C@@H]1O[C@H](C)c1cc(C(F)(F)F)cc(C(F)(F)F)c1. The average Bonchev–Trinajstić information content (AvgIpc) is 3.55. The lowest BCUT2D eigenvalue weighted by molar-refractivity contribution is -0.143. The summed E-state index contributed by atoms with van der Waals surface area (Å²) in [6, 6.07) is 9.82. The Labute approximate surface area is 230 Å². The first kappa shape index (κ1) is 27.6. The van der Waals surface area contributed by atoms with Gasteiger partial charge in [-0.05, 0) is 92.3 Å². The number of ether oxygens (including phenoxy) is 2. The van der Waals surface area contributed by atoms with Crippen molar-refractivity contribution in [2.75, 3.05) is 13.1 Å². The highest BCUT2D eigenvalue weighted by atomic mass is 19.4. The fourth-order valence-electron chi connectivity index (χ4n) is 7.14. The third kappa shape index (κ3) is 5.39. The van der Waals surface area contributed by atoms with Crippen LogP contribution in [0, 0.1) is 18.8 Å². The number of aryl methyl sites for hydroxylation is 1. The van der Waals surface area contributed by atoms with Crippen LogP contribution < -0.4 is 0 Å². The molecule has 1 saturated carbocycles. The Morgan fingerprint density at radius 3 is 2.27 bits per heavy atom. The summed E-state index contributed by atoms with van der Waals surface area (Å²) in [5.41, 5.74) is 0.817. The fourth-order valence-corrected chi connectivity index (χ4v) is 7.14. The summed E-state index contributed by atoms with van der Waals surface area (Å²) >= 11 is 0. The van der Waals surface area contributed by atoms with Gasteiger partial charge in [0.25, 0.3) is 0 Å². The minimum Gasteiger partial charge on any atom is -0.374 e. The van der Waals surface area contributed by atoms with Crippen LogP contribution in [0.1, 0.15) is 72.4 Å². The Morgan fingerprint density at radius 2 is 1.62 bits per heavy atom. The van der Waals surface area contributed by atoms with Gasteiger partial charge in [-0.25, -0.2) is 0 Å². The number of nitrogens with zero attached hydrogens (tertiary/aromatic N) is 1. The highest BCUT2D eigenvalue weighted by Gasteiger charge is 2.48. The number of fused-ring (bicyclic) bond motifs is 2. The zero-order valence-corrected chi connectivity index (χ0v) is 22.4. The molecular formula is C31H33F6NO2. The van der Waals surface area contributed by atoms with Crippen molar-refractivity contribution in [2.45, 2.75) is 82.2 Å². The molecule has 2 aliphatic carbocycles. The molecule has 0 aromatic heterocycles. The molecular weight excluding hydrogens is 532 g/mol. The minimum atomic E-state index is -4.90. The maximum absolute atomic E-state index is 13.5. The van der Waals surface area contributed by atoms with Gasteiger partial charge in [-0.1, -0.05) is 24.3 Å². The van der Waals surface area contributed by atoms with Crippen LogP contribution in [0.15, 0.2) is 54.2 Å². The molecule has 0 spiro atoms. The Morgan fingerprint density at radius 1 is 0.925 bits per heavy atom. The molecule has 4 aliphatic rings. The number of benzene rings is 2. The molecule has 7 atom stereocenters. The molecule has 2 aromatic carbocycles. The van der Waals surface area contributed by atoms with Crippen molar-refractivity contribution in [2.24, 2.45) is 11.8 Å². The van der Waals surface area contributed by atoms with Gasteiger partial charge in [0.05, 0.1) is 29.4 Å². The van der Waals surface area contributed by atoms with Gasteiger partial charge in [0, 0.05) is 24.7 Å². The monoisotopic (exact) mass is 565 g/mol. The number of rotatable bonds is 5. The van der Waals surface area contributed by atoms with Crippen molar-refractivity contribution in [3.63, 3.8) is 0 Å². The Bertz CT molecular complexity index is 1260. The van der Waals surface area contributed by atoms with Crippen molar-refractivity contribution in [3.05, 3.63) is 82.1 Å². The van der Waals surface area contributed by atoms with E-state index in [0.29, 0.717) is 18.4 Å². The van der Waals surface area contributed by atoms with E-state index in [9.17, 15) is 26.3 Å². The van der Waals surface area contributed by atoms with E-state index in [0.717, 1.165) is 55.6 Å². The van der Waals surface area contributed by atoms with Crippen LogP contribution in [0.25, 0.3) is 0 Å². The van der Waals surface area contributed by atoms with E-state index in [4.69, 9.17) is 9.47 Å². The zero-order valence-electron chi connectivity index (χ0n) is 22.4. The van der Waals surface area contributed by atoms with Crippen LogP contribution in [0.2, 0.25) is 0 Å². The third-order valence-electron chi connectivity index (χ3n) is 9.25. The van der Waals surface area contributed by atoms with E-state index in [1.165, 1.54) is 5.70 Å². The molecule has 0 radical (unpaired) electrons. The molecule has 216 valence electrons. The molecule has 2 heterocycles. The van der Waals surface area contributed by atoms with Gasteiger partial charge in [0.1, 0.15) is 6.10 Å². The van der Waals surface area contributed by atoms with Gasteiger partial charge in [0.15, 0.2) is 0 Å². The number of alkyl halides is 6. The second-order valence-electron chi connectivity index (χ2n) is 11.8. The predicted molar refractivity (Wildman–Crippen MR) is 137 cm³/mol. The normalized spacial score (nSPS) is 30.9. The molecule has 6 rings (SSSR count). The standard InChI is InChI=1S/C31H33F6NO2/c1-17-5-3-4-6-24(17)29-25-16-38(23-8-10-26-28(14-23)40-26)15-19(25)7-9-27(29)39-18(2)20-11-21(30(32,33)34)13-22(12-20)31(35,36)37/h3-6,11-14,18-19,25-29H,7-10,15-16H2,1-2H3/t18-,19-,25-,26?,27+,28?,29+/m1/s1. The van der Waals surface area contributed by atoms with Crippen molar-refractivity contribution < 1.29 is 35.8 Å². The van der Waals surface area contributed by atoms with Gasteiger partial charge < -0.3 is 14.4 Å². The molecule has 3 nitrogen and oxygen atoms in total. The van der Waals surface area contributed by atoms with Crippen LogP contribution in [0.3, 0.4) is 0 Å². The van der Waals surface area contributed by atoms with E-state index in [2.05, 4.69) is 17.0 Å². The van der Waals surface area contributed by atoms with E-state index >= 15 is 0 Å². The number of hydrogen-bond donors (Lipinski definition) is 0. The Kier molecular flexibility index (Phi) is 6.97. The van der Waals surface area contributed by atoms with E-state index in [1.54, 1.807) is 6.92 Å². The first-order valence-corrected chi connectivity index (χ1v) is 14.0. The number of epoxide rings is 1. The number of allylic oxidation sites excluding steroid dienone is 1. The summed E-state index contributed by atoms with van der Waals surface area (Å²) in [5, 5.41) is 0. The van der Waals surface area contributed by atoms with E-state index in [1.807, 2.05) is 25.1 Å². The molecule has 9 heteroatoms. The molecule has 2 aliphatic heterocycles. The largest absolute Gasteiger partial charge is 0.416 e. The molecule has 0 N–H and O–H groups in total. The van der Waals surface area contributed by atoms with Crippen molar-refractivity contribution in [1.29, 1.82) is 0 Å². The molecule has 0 bridgehead atoms. The van der Waals surface area contributed by atoms with Crippen LogP contribution in [0.5, 0.6) is 0 Å². The lowest BCUT2D eigenvalue weighted by Gasteiger charge is -2.41. The lowest BCUT2D eigenvalue weighted by Crippen LogP contribution is -2.38. The van der Waals surface area contributed by atoms with E-state index in [-0.39, 0.29) is 35.7 Å². The number of likely N-dealkylation sites (tertiary alicyclic amines) is 1. The zero-order chi connectivity index (χ0) is 28.4. The van der Waals surface area contributed by atoms with Gasteiger partial charge in [-0.15, -0.1) is 0 Å². The van der Waals surface area contributed by atoms with Gasteiger partial charge in [0.2, 0.25) is 0 Å². The molecule has 2 aromatic rings. The fraction of sp³-hybridized carbons (Fsp3) is 0.548. The first-order valence-electron chi connectivity index (χ1n) is 14.0. The Balaban J connectivity index is 1.29. The van der Waals surface area contributed by atoms with Crippen molar-refractivity contribution >= 4 is 0 Å². The van der Waals surface area contributed by atoms with Crippen LogP contribution in [-0.4, -0.2) is 36.3 Å². The Hall–Kier alpha value is -2.52. The summed E-state index contributed by atoms with van der Waals surface area (Å²) in [7, 11) is 0. The lowest BCUT2D eigenvalue weighted by atomic mass is 9.68. The quantitative estimate of drug-likeness (QED) is 0.271. The maximum atomic E-state index is 13.5. The first-order chi connectivity index (χ1) is 18.9. The van der Waals surface area contributed by atoms with Crippen molar-refractivity contribution in [3.8, 4) is 0 Å². The van der Waals surface area contributed by atoms with Crippen LogP contribution >= 0.6 is 0 Å². The summed E-state index contributed by atoms with van der Waals surface area (Å²) in [6.07, 6.45) is -4.64. The smallest absolute Gasteiger partial charge is 0.374 e. The molecule has 2 saturated heterocycles. The average molecular weight is 566 g/mol. The van der Waals surface area contributed by atoms with Gasteiger partial charge in [-0.2, -0.15) is 26.3 Å². The summed E-state index contributed by atoms with van der Waals surface area (Å²) in [4.78, 5) is 2.47. The van der Waals surface area contributed by atoms with E-state index < -0.39 is 29.6 Å². The molecule has 0 amide bonds. The predicted octanol–water partition coefficient (Wildman–Crippen LogP) is 8.05. The third-order valence-corrected chi connectivity index (χ3v) is 9.25. The van der Waals surface area contributed by atoms with Crippen LogP contribution in [0.4, 0.5) is 26.3 Å². The highest BCUT2D eigenvalue weighted by Crippen LogP contribution is 2.50. The molecule has 3 fully saturated rings. The minimum absolute atomic E-state index is 0.0191. The topological polar surface area (TPSA) is 25.0 Å². The number of halogens is 6. The van der Waals surface area contributed by atoms with Crippen molar-refractivity contribution in [1.82, 2.24) is 4.90 Å². The summed E-state index contributed by atoms with van der Waals surface area (Å²) in [6.45, 7) is 5.39.